The molecule has 0 heterocycles. The van der Waals surface area contributed by atoms with Gasteiger partial charge in [0.25, 0.3) is 0 Å². The molecule has 1 atom stereocenters. The number of esters is 2. The van der Waals surface area contributed by atoms with Gasteiger partial charge in [0.1, 0.15) is 6.61 Å². The molecule has 418 valence electrons. The second-order valence-electron chi connectivity index (χ2n) is 19.5. The van der Waals surface area contributed by atoms with Crippen molar-refractivity contribution in [2.45, 2.75) is 258 Å². The number of carbonyl (C=O) groups excluding carboxylic acids is 2. The van der Waals surface area contributed by atoms with Crippen LogP contribution in [-0.2, 0) is 23.8 Å². The first kappa shape index (κ1) is 69.8. The lowest BCUT2D eigenvalue weighted by Crippen LogP contribution is -2.30. The Morgan fingerprint density at radius 2 is 0.608 bits per heavy atom. The Bertz CT molecular complexity index is 1580. The number of allylic oxidation sites excluding steroid dienone is 24. The minimum Gasteiger partial charge on any atom is -0.462 e. The van der Waals surface area contributed by atoms with E-state index in [4.69, 9.17) is 14.2 Å². The van der Waals surface area contributed by atoms with Crippen molar-refractivity contribution in [2.24, 2.45) is 0 Å². The van der Waals surface area contributed by atoms with E-state index in [9.17, 15) is 9.59 Å². The van der Waals surface area contributed by atoms with Crippen LogP contribution in [0.15, 0.2) is 146 Å². The molecular formula is C69H112O5. The average molecular weight is 1020 g/mol. The van der Waals surface area contributed by atoms with Crippen LogP contribution in [0.3, 0.4) is 0 Å². The van der Waals surface area contributed by atoms with Crippen molar-refractivity contribution in [3.05, 3.63) is 146 Å². The minimum absolute atomic E-state index is 0.0439. The van der Waals surface area contributed by atoms with Gasteiger partial charge in [-0.15, -0.1) is 0 Å². The smallest absolute Gasteiger partial charge is 0.306 e. The summed E-state index contributed by atoms with van der Waals surface area (Å²) in [6.45, 7) is 7.50. The summed E-state index contributed by atoms with van der Waals surface area (Å²) in [6.07, 6.45) is 91.6. The molecule has 0 aromatic rings. The van der Waals surface area contributed by atoms with Crippen molar-refractivity contribution in [3.63, 3.8) is 0 Å². The van der Waals surface area contributed by atoms with Gasteiger partial charge in [0, 0.05) is 19.4 Å². The predicted octanol–water partition coefficient (Wildman–Crippen LogP) is 21.2. The summed E-state index contributed by atoms with van der Waals surface area (Å²) >= 11 is 0. The fraction of sp³-hybridized carbons (Fsp3) is 0.623. The maximum atomic E-state index is 12.9. The zero-order valence-corrected chi connectivity index (χ0v) is 48.1. The Kier molecular flexibility index (Phi) is 59.5. The van der Waals surface area contributed by atoms with Crippen molar-refractivity contribution in [1.82, 2.24) is 0 Å². The van der Waals surface area contributed by atoms with Crippen LogP contribution in [0.2, 0.25) is 0 Å². The van der Waals surface area contributed by atoms with Gasteiger partial charge in [-0.25, -0.2) is 0 Å². The predicted molar refractivity (Wildman–Crippen MR) is 325 cm³/mol. The van der Waals surface area contributed by atoms with Gasteiger partial charge in [-0.1, -0.05) is 244 Å². The Morgan fingerprint density at radius 3 is 0.973 bits per heavy atom. The SMILES string of the molecule is CC/C=C\C/C=C\C/C=C\C/C=C\C/C=C\CCCCCC(=O)OCC(COCCCCCCCCCCCC/C=C\C/C=C\CCCCC)OC(=O)CCCCC/C=C\C/C=C\C/C=C\C/C=C\C/C=C\CC. The first-order chi connectivity index (χ1) is 36.6. The van der Waals surface area contributed by atoms with Gasteiger partial charge in [0.05, 0.1) is 6.61 Å². The Labute approximate surface area is 457 Å². The molecule has 0 N–H and O–H groups in total. The molecule has 1 unspecified atom stereocenters. The van der Waals surface area contributed by atoms with E-state index < -0.39 is 6.10 Å². The van der Waals surface area contributed by atoms with Crippen LogP contribution in [0.5, 0.6) is 0 Å². The van der Waals surface area contributed by atoms with E-state index in [-0.39, 0.29) is 25.2 Å². The Morgan fingerprint density at radius 1 is 0.311 bits per heavy atom. The summed E-state index contributed by atoms with van der Waals surface area (Å²) in [5.74, 6) is -0.479. The largest absolute Gasteiger partial charge is 0.462 e. The second-order valence-corrected chi connectivity index (χ2v) is 19.5. The fourth-order valence-electron chi connectivity index (χ4n) is 7.89. The number of rotatable bonds is 54. The van der Waals surface area contributed by atoms with Crippen LogP contribution in [0, 0.1) is 0 Å². The third kappa shape index (κ3) is 60.3. The van der Waals surface area contributed by atoms with Crippen LogP contribution >= 0.6 is 0 Å². The molecule has 0 bridgehead atoms. The molecule has 0 aromatic carbocycles. The van der Waals surface area contributed by atoms with E-state index >= 15 is 0 Å². The van der Waals surface area contributed by atoms with Gasteiger partial charge in [-0.05, 0) is 141 Å². The van der Waals surface area contributed by atoms with Crippen molar-refractivity contribution in [3.8, 4) is 0 Å². The lowest BCUT2D eigenvalue weighted by molar-refractivity contribution is -0.163. The lowest BCUT2D eigenvalue weighted by atomic mass is 10.1. The monoisotopic (exact) mass is 1020 g/mol. The maximum absolute atomic E-state index is 12.9. The van der Waals surface area contributed by atoms with Crippen LogP contribution in [0.1, 0.15) is 252 Å². The Balaban J connectivity index is 4.44. The molecule has 74 heavy (non-hydrogen) atoms. The molecule has 0 amide bonds. The molecule has 0 radical (unpaired) electrons. The van der Waals surface area contributed by atoms with Gasteiger partial charge < -0.3 is 14.2 Å². The van der Waals surface area contributed by atoms with Gasteiger partial charge in [0.15, 0.2) is 6.10 Å². The third-order valence-corrected chi connectivity index (χ3v) is 12.3. The first-order valence-corrected chi connectivity index (χ1v) is 30.4. The molecule has 0 saturated heterocycles. The van der Waals surface area contributed by atoms with Crippen molar-refractivity contribution in [1.29, 1.82) is 0 Å². The minimum atomic E-state index is -0.582. The normalized spacial score (nSPS) is 13.3. The van der Waals surface area contributed by atoms with Crippen molar-refractivity contribution in [2.75, 3.05) is 19.8 Å². The van der Waals surface area contributed by atoms with Crippen LogP contribution in [-0.4, -0.2) is 37.9 Å². The summed E-state index contributed by atoms with van der Waals surface area (Å²) in [4.78, 5) is 25.6. The van der Waals surface area contributed by atoms with Crippen molar-refractivity contribution >= 4 is 11.9 Å². The number of unbranched alkanes of at least 4 members (excludes halogenated alkanes) is 19. The van der Waals surface area contributed by atoms with E-state index in [2.05, 4.69) is 167 Å². The van der Waals surface area contributed by atoms with Gasteiger partial charge in [-0.2, -0.15) is 0 Å². The van der Waals surface area contributed by atoms with E-state index in [0.29, 0.717) is 19.4 Å². The first-order valence-electron chi connectivity index (χ1n) is 30.4. The van der Waals surface area contributed by atoms with E-state index in [1.54, 1.807) is 0 Å². The van der Waals surface area contributed by atoms with Gasteiger partial charge in [0.2, 0.25) is 0 Å². The van der Waals surface area contributed by atoms with Crippen LogP contribution in [0.25, 0.3) is 0 Å². The molecule has 0 saturated carbocycles. The molecule has 5 nitrogen and oxygen atoms in total. The number of ether oxygens (including phenoxy) is 3. The number of carbonyl (C=O) groups is 2. The summed E-state index contributed by atoms with van der Waals surface area (Å²) in [6, 6.07) is 0. The highest BCUT2D eigenvalue weighted by Gasteiger charge is 2.17. The highest BCUT2D eigenvalue weighted by Crippen LogP contribution is 2.14. The molecule has 0 aliphatic carbocycles. The molecular weight excluding hydrogens is 909 g/mol. The highest BCUT2D eigenvalue weighted by molar-refractivity contribution is 5.70. The average Bonchev–Trinajstić information content (AvgIpc) is 3.40. The maximum Gasteiger partial charge on any atom is 0.306 e. The van der Waals surface area contributed by atoms with Crippen molar-refractivity contribution < 1.29 is 23.8 Å². The zero-order valence-electron chi connectivity index (χ0n) is 48.1. The highest BCUT2D eigenvalue weighted by atomic mass is 16.6. The summed E-state index contributed by atoms with van der Waals surface area (Å²) < 4.78 is 17.5. The Hall–Kier alpha value is -4.22. The summed E-state index contributed by atoms with van der Waals surface area (Å²) in [7, 11) is 0. The summed E-state index contributed by atoms with van der Waals surface area (Å²) in [5, 5.41) is 0. The zero-order chi connectivity index (χ0) is 53.4. The molecule has 0 aliphatic rings. The third-order valence-electron chi connectivity index (χ3n) is 12.3. The molecule has 0 aromatic heterocycles. The van der Waals surface area contributed by atoms with Crippen LogP contribution < -0.4 is 0 Å². The molecule has 0 spiro atoms. The number of hydrogen-bond donors (Lipinski definition) is 0. The van der Waals surface area contributed by atoms with E-state index in [1.165, 1.54) is 83.5 Å². The lowest BCUT2D eigenvalue weighted by Gasteiger charge is -2.18. The van der Waals surface area contributed by atoms with E-state index in [0.717, 1.165) is 135 Å². The molecule has 5 heteroatoms. The summed E-state index contributed by atoms with van der Waals surface area (Å²) in [5.41, 5.74) is 0. The van der Waals surface area contributed by atoms with Gasteiger partial charge >= 0.3 is 11.9 Å². The quantitative estimate of drug-likeness (QED) is 0.0345. The fourth-order valence-corrected chi connectivity index (χ4v) is 7.89. The molecule has 0 rings (SSSR count). The molecule has 0 aliphatic heterocycles. The topological polar surface area (TPSA) is 61.8 Å². The number of hydrogen-bond acceptors (Lipinski definition) is 5. The second kappa shape index (κ2) is 63.1. The molecule has 0 fully saturated rings. The van der Waals surface area contributed by atoms with Gasteiger partial charge in [-0.3, -0.25) is 9.59 Å². The van der Waals surface area contributed by atoms with E-state index in [1.807, 2.05) is 0 Å². The standard InChI is InChI=1S/C69H112O5/c1-4-7-10-13-16-19-22-25-28-31-34-37-40-43-46-49-52-55-58-61-64-72-65-67(74-69(71)63-60-57-54-51-48-45-42-39-36-33-30-27-24-21-18-15-12-9-6-3)66-73-68(70)62-59-56-53-50-47-44-41-38-35-32-29-26-23-20-17-14-11-8-5-2/h8-9,11-12,16-21,25-30,35-36,38-39,44-45,47-48,67H,4-7,10,13-15,22-24,31-34,37,40-43,46,49-66H2,1-3H3/b11-8-,12-9-,19-16-,20-17-,21-18-,28-25-,29-26-,30-27-,38-35-,39-36-,47-44-,48-45-. The van der Waals surface area contributed by atoms with Crippen LogP contribution in [0.4, 0.5) is 0 Å².